The smallest absolute Gasteiger partial charge is 0.236 e. The van der Waals surface area contributed by atoms with E-state index in [1.54, 1.807) is 0 Å². The van der Waals surface area contributed by atoms with E-state index < -0.39 is 15.8 Å². The molecule has 2 N–H and O–H groups in total. The minimum absolute atomic E-state index is 0.211. The second kappa shape index (κ2) is 11.0. The summed E-state index contributed by atoms with van der Waals surface area (Å²) in [7, 11) is -3.04. The first-order valence-corrected chi connectivity index (χ1v) is 10.8. The Morgan fingerprint density at radius 3 is 2.30 bits per heavy atom. The number of nitrogens with zero attached hydrogens (tertiary/aromatic N) is 4. The molecule has 0 saturated carbocycles. The molecule has 0 amide bonds. The molecule has 1 aliphatic heterocycles. The number of halogens is 1. The topological polar surface area (TPSA) is 122 Å². The van der Waals surface area contributed by atoms with Crippen molar-refractivity contribution in [3.63, 3.8) is 0 Å². The highest BCUT2D eigenvalue weighted by atomic mass is 32.2. The number of nitrogens with two attached hydrogens (primary N) is 1. The van der Waals surface area contributed by atoms with E-state index in [1.807, 2.05) is 4.90 Å². The van der Waals surface area contributed by atoms with E-state index in [1.165, 1.54) is 6.26 Å². The van der Waals surface area contributed by atoms with Gasteiger partial charge in [0.25, 0.3) is 0 Å². The first kappa shape index (κ1) is 22.1. The van der Waals surface area contributed by atoms with Gasteiger partial charge in [-0.1, -0.05) is 5.21 Å². The molecule has 10 nitrogen and oxygen atoms in total. The van der Waals surface area contributed by atoms with Gasteiger partial charge in [-0.3, -0.25) is 4.90 Å². The van der Waals surface area contributed by atoms with Gasteiger partial charge in [0.05, 0.1) is 51.4 Å². The van der Waals surface area contributed by atoms with Gasteiger partial charge in [0.1, 0.15) is 5.69 Å². The molecule has 1 aromatic rings. The number of rotatable bonds is 14. The van der Waals surface area contributed by atoms with E-state index >= 15 is 0 Å². The molecule has 0 aromatic carbocycles. The van der Waals surface area contributed by atoms with Crippen LogP contribution in [0.1, 0.15) is 5.69 Å². The van der Waals surface area contributed by atoms with Gasteiger partial charge in [0, 0.05) is 32.4 Å². The van der Waals surface area contributed by atoms with Crippen LogP contribution in [-0.4, -0.2) is 99.1 Å². The standard InChI is InChI=1S/C15H28FN5O5S/c1-27(22,23)13-10-20(11-13)12-14-15(16)21(19-18-14)3-5-25-7-9-26-8-6-24-4-2-17/h13H,2-12,17H2,1H3. The normalized spacial score (nSPS) is 16.0. The molecule has 12 heteroatoms. The van der Waals surface area contributed by atoms with Gasteiger partial charge in [-0.05, 0) is 0 Å². The summed E-state index contributed by atoms with van der Waals surface area (Å²) in [5.74, 6) is -0.519. The Hall–Kier alpha value is -1.18. The molecule has 27 heavy (non-hydrogen) atoms. The second-order valence-electron chi connectivity index (χ2n) is 6.32. The van der Waals surface area contributed by atoms with E-state index in [2.05, 4.69) is 10.3 Å². The first-order valence-electron chi connectivity index (χ1n) is 8.84. The fourth-order valence-corrected chi connectivity index (χ4v) is 3.45. The van der Waals surface area contributed by atoms with Crippen molar-refractivity contribution in [2.75, 3.05) is 65.5 Å². The number of hydrogen-bond donors (Lipinski definition) is 1. The Bertz CT molecular complexity index is 666. The van der Waals surface area contributed by atoms with Crippen LogP contribution in [0.2, 0.25) is 0 Å². The molecule has 0 radical (unpaired) electrons. The lowest BCUT2D eigenvalue weighted by molar-refractivity contribution is 0.0137. The quantitative estimate of drug-likeness (QED) is 0.372. The van der Waals surface area contributed by atoms with Crippen LogP contribution in [-0.2, 0) is 37.1 Å². The molecule has 1 fully saturated rings. The summed E-state index contributed by atoms with van der Waals surface area (Å²) < 4.78 is 54.0. The zero-order valence-electron chi connectivity index (χ0n) is 15.5. The van der Waals surface area contributed by atoms with E-state index in [-0.39, 0.29) is 30.6 Å². The SMILES string of the molecule is CS(=O)(=O)C1CN(Cc2nnn(CCOCCOCCOCCN)c2F)C1. The minimum Gasteiger partial charge on any atom is -0.378 e. The molecular formula is C15H28FN5O5S. The highest BCUT2D eigenvalue weighted by Crippen LogP contribution is 2.18. The minimum atomic E-state index is -3.04. The summed E-state index contributed by atoms with van der Waals surface area (Å²) in [6.07, 6.45) is 1.21. The molecule has 1 aromatic heterocycles. The van der Waals surface area contributed by atoms with Crippen LogP contribution in [0.15, 0.2) is 0 Å². The van der Waals surface area contributed by atoms with Gasteiger partial charge in [0.2, 0.25) is 5.95 Å². The van der Waals surface area contributed by atoms with E-state index in [4.69, 9.17) is 19.9 Å². The molecule has 2 rings (SSSR count). The summed E-state index contributed by atoms with van der Waals surface area (Å²) in [5.41, 5.74) is 5.50. The van der Waals surface area contributed by atoms with Crippen molar-refractivity contribution in [2.45, 2.75) is 18.3 Å². The lowest BCUT2D eigenvalue weighted by Crippen LogP contribution is -2.53. The third-order valence-electron chi connectivity index (χ3n) is 4.09. The molecule has 0 spiro atoms. The molecule has 0 unspecified atom stereocenters. The average Bonchev–Trinajstić information content (AvgIpc) is 2.91. The number of sulfone groups is 1. The van der Waals surface area contributed by atoms with Crippen LogP contribution in [0.5, 0.6) is 0 Å². The zero-order chi connectivity index (χ0) is 19.7. The summed E-state index contributed by atoms with van der Waals surface area (Å²) >= 11 is 0. The summed E-state index contributed by atoms with van der Waals surface area (Å²) in [6, 6.07) is 0. The van der Waals surface area contributed by atoms with Crippen LogP contribution >= 0.6 is 0 Å². The van der Waals surface area contributed by atoms with Crippen LogP contribution in [0.3, 0.4) is 0 Å². The number of hydrogen-bond acceptors (Lipinski definition) is 9. The predicted octanol–water partition coefficient (Wildman–Crippen LogP) is -1.35. The second-order valence-corrected chi connectivity index (χ2v) is 8.65. The Kier molecular flexibility index (Phi) is 8.99. The van der Waals surface area contributed by atoms with Crippen molar-refractivity contribution < 1.29 is 27.0 Å². The van der Waals surface area contributed by atoms with Crippen molar-refractivity contribution in [1.82, 2.24) is 19.9 Å². The van der Waals surface area contributed by atoms with Gasteiger partial charge >= 0.3 is 0 Å². The van der Waals surface area contributed by atoms with Crippen molar-refractivity contribution in [3.05, 3.63) is 11.6 Å². The van der Waals surface area contributed by atoms with Crippen LogP contribution in [0, 0.1) is 5.95 Å². The molecule has 0 aliphatic carbocycles. The molecular weight excluding hydrogens is 381 g/mol. The van der Waals surface area contributed by atoms with Gasteiger partial charge < -0.3 is 19.9 Å². The third kappa shape index (κ3) is 7.39. The summed E-state index contributed by atoms with van der Waals surface area (Å²) in [5, 5.41) is 7.24. The van der Waals surface area contributed by atoms with Crippen molar-refractivity contribution in [1.29, 1.82) is 0 Å². The Balaban J connectivity index is 1.57. The Morgan fingerprint density at radius 2 is 1.70 bits per heavy atom. The third-order valence-corrected chi connectivity index (χ3v) is 5.60. The van der Waals surface area contributed by atoms with E-state index in [9.17, 15) is 12.8 Å². The Labute approximate surface area is 158 Å². The van der Waals surface area contributed by atoms with Crippen molar-refractivity contribution in [3.8, 4) is 0 Å². The van der Waals surface area contributed by atoms with Gasteiger partial charge in [-0.25, -0.2) is 13.1 Å². The fraction of sp³-hybridized carbons (Fsp3) is 0.867. The maximum Gasteiger partial charge on any atom is 0.236 e. The zero-order valence-corrected chi connectivity index (χ0v) is 16.4. The summed E-state index contributed by atoms with van der Waals surface area (Å²) in [4.78, 5) is 1.83. The lowest BCUT2D eigenvalue weighted by atomic mass is 10.2. The van der Waals surface area contributed by atoms with Crippen molar-refractivity contribution >= 4 is 9.84 Å². The van der Waals surface area contributed by atoms with Crippen molar-refractivity contribution in [2.24, 2.45) is 5.73 Å². The molecule has 1 saturated heterocycles. The average molecular weight is 409 g/mol. The van der Waals surface area contributed by atoms with Crippen LogP contribution in [0.25, 0.3) is 0 Å². The van der Waals surface area contributed by atoms with Gasteiger partial charge in [0.15, 0.2) is 9.84 Å². The maximum absolute atomic E-state index is 14.3. The molecule has 0 bridgehead atoms. The van der Waals surface area contributed by atoms with Crippen LogP contribution < -0.4 is 5.73 Å². The highest BCUT2D eigenvalue weighted by Gasteiger charge is 2.35. The molecule has 1 aliphatic rings. The fourth-order valence-electron chi connectivity index (χ4n) is 2.49. The monoisotopic (exact) mass is 409 g/mol. The number of aromatic nitrogens is 3. The molecule has 156 valence electrons. The highest BCUT2D eigenvalue weighted by molar-refractivity contribution is 7.91. The number of ether oxygens (including phenoxy) is 3. The first-order chi connectivity index (χ1) is 12.9. The lowest BCUT2D eigenvalue weighted by Gasteiger charge is -2.37. The summed E-state index contributed by atoms with van der Waals surface area (Å²) in [6.45, 7) is 4.35. The Morgan fingerprint density at radius 1 is 1.11 bits per heavy atom. The predicted molar refractivity (Wildman–Crippen MR) is 95.4 cm³/mol. The van der Waals surface area contributed by atoms with Gasteiger partial charge in [-0.15, -0.1) is 5.10 Å². The van der Waals surface area contributed by atoms with Gasteiger partial charge in [-0.2, -0.15) is 4.39 Å². The molecule has 0 atom stereocenters. The largest absolute Gasteiger partial charge is 0.378 e. The molecule has 2 heterocycles. The number of likely N-dealkylation sites (tertiary alicyclic amines) is 1. The maximum atomic E-state index is 14.3. The van der Waals surface area contributed by atoms with E-state index in [0.717, 1.165) is 4.68 Å². The van der Waals surface area contributed by atoms with Crippen LogP contribution in [0.4, 0.5) is 4.39 Å². The van der Waals surface area contributed by atoms with E-state index in [0.29, 0.717) is 52.7 Å².